The Kier molecular flexibility index (Phi) is 5.70. The van der Waals surface area contributed by atoms with E-state index in [2.05, 4.69) is 36.5 Å². The summed E-state index contributed by atoms with van der Waals surface area (Å²) in [5.74, 6) is 0.0120. The van der Waals surface area contributed by atoms with Crippen molar-refractivity contribution in [3.63, 3.8) is 0 Å². The van der Waals surface area contributed by atoms with Crippen LogP contribution in [-0.2, 0) is 11.2 Å². The SMILES string of the molecule is Cc1ccc(CCCC(=O)NCC(C)O)cc1. The van der Waals surface area contributed by atoms with Crippen molar-refractivity contribution in [3.8, 4) is 0 Å². The fraction of sp³-hybridized carbons (Fsp3) is 0.500. The molecule has 0 bridgehead atoms. The van der Waals surface area contributed by atoms with E-state index < -0.39 is 6.10 Å². The van der Waals surface area contributed by atoms with Crippen molar-refractivity contribution in [1.82, 2.24) is 5.32 Å². The zero-order valence-corrected chi connectivity index (χ0v) is 10.6. The molecular weight excluding hydrogens is 214 g/mol. The van der Waals surface area contributed by atoms with Gasteiger partial charge in [0.2, 0.25) is 5.91 Å². The minimum absolute atomic E-state index is 0.0120. The number of aliphatic hydroxyl groups is 1. The van der Waals surface area contributed by atoms with Gasteiger partial charge in [0.25, 0.3) is 0 Å². The predicted molar refractivity (Wildman–Crippen MR) is 68.8 cm³/mol. The number of carbonyl (C=O) groups excluding carboxylic acids is 1. The molecule has 1 aromatic carbocycles. The van der Waals surface area contributed by atoms with Gasteiger partial charge in [-0.15, -0.1) is 0 Å². The van der Waals surface area contributed by atoms with E-state index >= 15 is 0 Å². The molecule has 0 spiro atoms. The molecule has 1 atom stereocenters. The minimum atomic E-state index is -0.476. The smallest absolute Gasteiger partial charge is 0.220 e. The first-order valence-corrected chi connectivity index (χ1v) is 6.08. The number of amides is 1. The molecule has 1 amide bonds. The number of nitrogens with one attached hydrogen (secondary N) is 1. The van der Waals surface area contributed by atoms with E-state index in [0.717, 1.165) is 12.8 Å². The van der Waals surface area contributed by atoms with Gasteiger partial charge < -0.3 is 10.4 Å². The van der Waals surface area contributed by atoms with Gasteiger partial charge in [-0.3, -0.25) is 4.79 Å². The molecule has 0 aliphatic heterocycles. The molecule has 1 unspecified atom stereocenters. The molecule has 17 heavy (non-hydrogen) atoms. The van der Waals surface area contributed by atoms with Crippen LogP contribution in [0.3, 0.4) is 0 Å². The summed E-state index contributed by atoms with van der Waals surface area (Å²) in [5, 5.41) is 11.7. The Hall–Kier alpha value is -1.35. The molecule has 0 aliphatic carbocycles. The van der Waals surface area contributed by atoms with Gasteiger partial charge in [0.05, 0.1) is 6.10 Å². The number of hydrogen-bond donors (Lipinski definition) is 2. The van der Waals surface area contributed by atoms with Crippen molar-refractivity contribution in [1.29, 1.82) is 0 Å². The molecule has 3 nitrogen and oxygen atoms in total. The van der Waals surface area contributed by atoms with E-state index in [1.807, 2.05) is 0 Å². The van der Waals surface area contributed by atoms with Crippen LogP contribution in [0.2, 0.25) is 0 Å². The van der Waals surface area contributed by atoms with Crippen molar-refractivity contribution >= 4 is 5.91 Å². The molecule has 0 aromatic heterocycles. The summed E-state index contributed by atoms with van der Waals surface area (Å²) in [7, 11) is 0. The van der Waals surface area contributed by atoms with E-state index in [4.69, 9.17) is 5.11 Å². The lowest BCUT2D eigenvalue weighted by Crippen LogP contribution is -2.30. The topological polar surface area (TPSA) is 49.3 Å². The zero-order chi connectivity index (χ0) is 12.7. The van der Waals surface area contributed by atoms with Gasteiger partial charge >= 0.3 is 0 Å². The van der Waals surface area contributed by atoms with Crippen LogP contribution in [0.15, 0.2) is 24.3 Å². The van der Waals surface area contributed by atoms with Crippen LogP contribution in [0.1, 0.15) is 30.9 Å². The fourth-order valence-electron chi connectivity index (χ4n) is 1.56. The molecule has 2 N–H and O–H groups in total. The van der Waals surface area contributed by atoms with Crippen molar-refractivity contribution in [2.24, 2.45) is 0 Å². The summed E-state index contributed by atoms with van der Waals surface area (Å²) < 4.78 is 0. The van der Waals surface area contributed by atoms with Crippen LogP contribution in [0.4, 0.5) is 0 Å². The number of carbonyl (C=O) groups is 1. The van der Waals surface area contributed by atoms with E-state index in [1.165, 1.54) is 11.1 Å². The molecule has 0 saturated heterocycles. The molecule has 0 aliphatic rings. The molecule has 3 heteroatoms. The van der Waals surface area contributed by atoms with Crippen LogP contribution in [-0.4, -0.2) is 23.7 Å². The number of aryl methyl sites for hydroxylation is 2. The molecule has 0 fully saturated rings. The maximum atomic E-state index is 11.4. The van der Waals surface area contributed by atoms with E-state index in [9.17, 15) is 4.79 Å². The third-order valence-corrected chi connectivity index (χ3v) is 2.58. The van der Waals surface area contributed by atoms with Crippen molar-refractivity contribution < 1.29 is 9.90 Å². The lowest BCUT2D eigenvalue weighted by atomic mass is 10.1. The standard InChI is InChI=1S/C14H21NO2/c1-11-6-8-13(9-7-11)4-3-5-14(17)15-10-12(2)16/h6-9,12,16H,3-5,10H2,1-2H3,(H,15,17). The molecule has 1 rings (SSSR count). The summed E-state index contributed by atoms with van der Waals surface area (Å²) in [6.07, 6.45) is 1.80. The minimum Gasteiger partial charge on any atom is -0.392 e. The van der Waals surface area contributed by atoms with Gasteiger partial charge in [-0.05, 0) is 32.3 Å². The third kappa shape index (κ3) is 6.07. The Labute approximate surface area is 103 Å². The van der Waals surface area contributed by atoms with Gasteiger partial charge in [-0.1, -0.05) is 29.8 Å². The van der Waals surface area contributed by atoms with Gasteiger partial charge in [0.1, 0.15) is 0 Å². The van der Waals surface area contributed by atoms with Crippen molar-refractivity contribution in [3.05, 3.63) is 35.4 Å². The number of benzene rings is 1. The first-order valence-electron chi connectivity index (χ1n) is 6.08. The van der Waals surface area contributed by atoms with Crippen LogP contribution >= 0.6 is 0 Å². The molecular formula is C14H21NO2. The fourth-order valence-corrected chi connectivity index (χ4v) is 1.56. The first kappa shape index (κ1) is 13.7. The summed E-state index contributed by atoms with van der Waals surface area (Å²) in [6, 6.07) is 8.37. The van der Waals surface area contributed by atoms with Gasteiger partial charge in [0.15, 0.2) is 0 Å². The number of aliphatic hydroxyl groups excluding tert-OH is 1. The summed E-state index contributed by atoms with van der Waals surface area (Å²) in [4.78, 5) is 11.4. The highest BCUT2D eigenvalue weighted by Gasteiger charge is 2.02. The van der Waals surface area contributed by atoms with Gasteiger partial charge in [-0.25, -0.2) is 0 Å². The van der Waals surface area contributed by atoms with Crippen LogP contribution in [0.25, 0.3) is 0 Å². The average molecular weight is 235 g/mol. The quantitative estimate of drug-likeness (QED) is 0.790. The highest BCUT2D eigenvalue weighted by atomic mass is 16.3. The second kappa shape index (κ2) is 7.07. The maximum Gasteiger partial charge on any atom is 0.220 e. The summed E-state index contributed by atoms with van der Waals surface area (Å²) in [6.45, 7) is 4.06. The van der Waals surface area contributed by atoms with Crippen LogP contribution in [0.5, 0.6) is 0 Å². The Morgan fingerprint density at radius 3 is 2.59 bits per heavy atom. The third-order valence-electron chi connectivity index (χ3n) is 2.58. The van der Waals surface area contributed by atoms with E-state index in [1.54, 1.807) is 6.92 Å². The highest BCUT2D eigenvalue weighted by Crippen LogP contribution is 2.07. The second-order valence-electron chi connectivity index (χ2n) is 4.49. The van der Waals surface area contributed by atoms with Crippen molar-refractivity contribution in [2.75, 3.05) is 6.54 Å². The predicted octanol–water partition coefficient (Wildman–Crippen LogP) is 1.81. The van der Waals surface area contributed by atoms with Crippen LogP contribution in [0, 0.1) is 6.92 Å². The lowest BCUT2D eigenvalue weighted by Gasteiger charge is -2.07. The lowest BCUT2D eigenvalue weighted by molar-refractivity contribution is -0.121. The zero-order valence-electron chi connectivity index (χ0n) is 10.6. The number of hydrogen-bond acceptors (Lipinski definition) is 2. The van der Waals surface area contributed by atoms with Crippen LogP contribution < -0.4 is 5.32 Å². The largest absolute Gasteiger partial charge is 0.392 e. The van der Waals surface area contributed by atoms with Gasteiger partial charge in [0, 0.05) is 13.0 Å². The first-order chi connectivity index (χ1) is 8.08. The molecule has 1 aromatic rings. The monoisotopic (exact) mass is 235 g/mol. The molecule has 0 heterocycles. The Morgan fingerprint density at radius 1 is 1.35 bits per heavy atom. The molecule has 0 radical (unpaired) electrons. The average Bonchev–Trinajstić information content (AvgIpc) is 2.29. The summed E-state index contributed by atoms with van der Waals surface area (Å²) in [5.41, 5.74) is 2.52. The molecule has 94 valence electrons. The van der Waals surface area contributed by atoms with Crippen molar-refractivity contribution in [2.45, 2.75) is 39.2 Å². The molecule has 0 saturated carbocycles. The number of rotatable bonds is 6. The Bertz CT molecular complexity index is 344. The van der Waals surface area contributed by atoms with Gasteiger partial charge in [-0.2, -0.15) is 0 Å². The highest BCUT2D eigenvalue weighted by molar-refractivity contribution is 5.75. The second-order valence-corrected chi connectivity index (χ2v) is 4.49. The van der Waals surface area contributed by atoms with E-state index in [0.29, 0.717) is 13.0 Å². The van der Waals surface area contributed by atoms with E-state index in [-0.39, 0.29) is 5.91 Å². The normalized spacial score (nSPS) is 12.2. The Morgan fingerprint density at radius 2 is 2.00 bits per heavy atom. The Balaban J connectivity index is 2.19. The maximum absolute atomic E-state index is 11.4. The summed E-state index contributed by atoms with van der Waals surface area (Å²) >= 11 is 0.